The average molecular weight is 412 g/mol. The molecule has 0 bridgehead atoms. The van der Waals surface area contributed by atoms with Crippen LogP contribution in [0.5, 0.6) is 0 Å². The van der Waals surface area contributed by atoms with Crippen molar-refractivity contribution in [3.63, 3.8) is 0 Å². The molecule has 0 aliphatic carbocycles. The van der Waals surface area contributed by atoms with Crippen LogP contribution < -0.4 is 10.9 Å². The number of para-hydroxylation sites is 2. The van der Waals surface area contributed by atoms with Crippen LogP contribution in [0.1, 0.15) is 26.9 Å². The molecule has 5 nitrogen and oxygen atoms in total. The van der Waals surface area contributed by atoms with Gasteiger partial charge < -0.3 is 9.55 Å². The topological polar surface area (TPSA) is 58.1 Å². The standard InChI is InChI=1S/C26H25N3O2/c1-4-28(5-2)16(3)29-23-13-9-7-11-18(23)26(31)20-14-22-19(15-24(20)29)25(30)17-10-6-8-12-21(17)27-22/h6-16H,4-5H2,1-3H3,(H,27,30). The highest BCUT2D eigenvalue weighted by Gasteiger charge is 2.20. The fourth-order valence-electron chi connectivity index (χ4n) is 4.81. The monoisotopic (exact) mass is 411 g/mol. The quantitative estimate of drug-likeness (QED) is 0.423. The van der Waals surface area contributed by atoms with Gasteiger partial charge in [0.1, 0.15) is 0 Å². The molecule has 5 heteroatoms. The summed E-state index contributed by atoms with van der Waals surface area (Å²) in [5.74, 6) is 0. The van der Waals surface area contributed by atoms with Gasteiger partial charge in [-0.15, -0.1) is 0 Å². The van der Waals surface area contributed by atoms with Crippen molar-refractivity contribution in [2.75, 3.05) is 13.1 Å². The number of pyridine rings is 2. The molecular weight excluding hydrogens is 386 g/mol. The zero-order chi connectivity index (χ0) is 21.7. The summed E-state index contributed by atoms with van der Waals surface area (Å²) in [7, 11) is 0. The Morgan fingerprint density at radius 1 is 0.774 bits per heavy atom. The minimum Gasteiger partial charge on any atom is -0.354 e. The highest BCUT2D eigenvalue weighted by molar-refractivity contribution is 6.03. The average Bonchev–Trinajstić information content (AvgIpc) is 2.80. The van der Waals surface area contributed by atoms with Crippen molar-refractivity contribution in [3.05, 3.63) is 81.1 Å². The predicted octanol–water partition coefficient (Wildman–Crippen LogP) is 5.01. The molecule has 31 heavy (non-hydrogen) atoms. The van der Waals surface area contributed by atoms with Gasteiger partial charge in [0.15, 0.2) is 10.9 Å². The molecule has 2 heterocycles. The van der Waals surface area contributed by atoms with E-state index in [1.807, 2.05) is 60.7 Å². The summed E-state index contributed by atoms with van der Waals surface area (Å²) in [5, 5.41) is 2.56. The van der Waals surface area contributed by atoms with Crippen molar-refractivity contribution >= 4 is 43.6 Å². The van der Waals surface area contributed by atoms with E-state index in [9.17, 15) is 9.59 Å². The van der Waals surface area contributed by atoms with Gasteiger partial charge in [0.25, 0.3) is 0 Å². The molecule has 3 aromatic carbocycles. The predicted molar refractivity (Wildman–Crippen MR) is 129 cm³/mol. The molecule has 0 aliphatic heterocycles. The van der Waals surface area contributed by atoms with Crippen LogP contribution >= 0.6 is 0 Å². The normalized spacial score (nSPS) is 13.0. The molecule has 1 atom stereocenters. The van der Waals surface area contributed by atoms with Gasteiger partial charge >= 0.3 is 0 Å². The SMILES string of the molecule is CCN(CC)C(C)n1c2ccccc2c(=O)c2cc3[nH]c4ccccc4c(=O)c3cc21. The van der Waals surface area contributed by atoms with Crippen LogP contribution in [-0.2, 0) is 0 Å². The summed E-state index contributed by atoms with van der Waals surface area (Å²) in [5.41, 5.74) is 3.10. The first-order valence-electron chi connectivity index (χ1n) is 10.8. The number of rotatable bonds is 4. The van der Waals surface area contributed by atoms with Gasteiger partial charge in [0, 0.05) is 27.1 Å². The third-order valence-electron chi connectivity index (χ3n) is 6.45. The summed E-state index contributed by atoms with van der Waals surface area (Å²) in [6, 6.07) is 19.0. The number of H-pyrrole nitrogens is 1. The first-order chi connectivity index (χ1) is 15.0. The number of aromatic amines is 1. The summed E-state index contributed by atoms with van der Waals surface area (Å²) in [4.78, 5) is 32.4. The van der Waals surface area contributed by atoms with Crippen LogP contribution in [0.2, 0.25) is 0 Å². The largest absolute Gasteiger partial charge is 0.354 e. The minimum absolute atomic E-state index is 0.00972. The highest BCUT2D eigenvalue weighted by Crippen LogP contribution is 2.28. The molecule has 0 amide bonds. The Kier molecular flexibility index (Phi) is 4.63. The number of fused-ring (bicyclic) bond motifs is 4. The molecule has 0 aliphatic rings. The van der Waals surface area contributed by atoms with Gasteiger partial charge in [-0.25, -0.2) is 0 Å². The lowest BCUT2D eigenvalue weighted by Gasteiger charge is -2.31. The minimum atomic E-state index is -0.0195. The summed E-state index contributed by atoms with van der Waals surface area (Å²) < 4.78 is 2.20. The fraction of sp³-hybridized carbons (Fsp3) is 0.231. The number of aromatic nitrogens is 2. The maximum atomic E-state index is 13.4. The van der Waals surface area contributed by atoms with E-state index in [0.717, 1.165) is 29.6 Å². The Hall–Kier alpha value is -3.44. The molecule has 0 spiro atoms. The summed E-state index contributed by atoms with van der Waals surface area (Å²) in [6.45, 7) is 8.20. The van der Waals surface area contributed by atoms with Gasteiger partial charge in [-0.3, -0.25) is 14.5 Å². The summed E-state index contributed by atoms with van der Waals surface area (Å²) >= 11 is 0. The fourth-order valence-corrected chi connectivity index (χ4v) is 4.81. The number of benzene rings is 3. The smallest absolute Gasteiger partial charge is 0.197 e. The lowest BCUT2D eigenvalue weighted by Crippen LogP contribution is -2.31. The van der Waals surface area contributed by atoms with E-state index >= 15 is 0 Å². The molecule has 0 radical (unpaired) electrons. The Balaban J connectivity index is 2.00. The van der Waals surface area contributed by atoms with Gasteiger partial charge in [-0.05, 0) is 56.4 Å². The van der Waals surface area contributed by atoms with Gasteiger partial charge in [0.2, 0.25) is 0 Å². The molecule has 156 valence electrons. The van der Waals surface area contributed by atoms with Gasteiger partial charge in [-0.1, -0.05) is 38.1 Å². The lowest BCUT2D eigenvalue weighted by molar-refractivity contribution is 0.180. The molecule has 0 saturated carbocycles. The van der Waals surface area contributed by atoms with Crippen LogP contribution in [0.15, 0.2) is 70.3 Å². The van der Waals surface area contributed by atoms with Crippen molar-refractivity contribution in [1.82, 2.24) is 14.5 Å². The van der Waals surface area contributed by atoms with Crippen molar-refractivity contribution in [2.24, 2.45) is 0 Å². The first kappa shape index (κ1) is 19.5. The third-order valence-corrected chi connectivity index (χ3v) is 6.45. The third kappa shape index (κ3) is 2.88. The van der Waals surface area contributed by atoms with E-state index < -0.39 is 0 Å². The second-order valence-electron chi connectivity index (χ2n) is 7.98. The molecule has 1 N–H and O–H groups in total. The van der Waals surface area contributed by atoms with E-state index in [2.05, 4.69) is 35.2 Å². The van der Waals surface area contributed by atoms with Crippen LogP contribution in [0.25, 0.3) is 43.6 Å². The van der Waals surface area contributed by atoms with Crippen LogP contribution in [0.4, 0.5) is 0 Å². The second kappa shape index (κ2) is 7.36. The Labute approximate surface area is 179 Å². The van der Waals surface area contributed by atoms with Gasteiger partial charge in [-0.2, -0.15) is 0 Å². The maximum absolute atomic E-state index is 13.4. The molecule has 0 saturated heterocycles. The number of hydrogen-bond acceptors (Lipinski definition) is 3. The number of hydrogen-bond donors (Lipinski definition) is 1. The van der Waals surface area contributed by atoms with Crippen LogP contribution in [-0.4, -0.2) is 27.5 Å². The molecular formula is C26H25N3O2. The molecule has 0 fully saturated rings. The Morgan fingerprint density at radius 2 is 1.42 bits per heavy atom. The molecule has 2 aromatic heterocycles. The number of nitrogens with zero attached hydrogens (tertiary/aromatic N) is 2. The van der Waals surface area contributed by atoms with E-state index in [4.69, 9.17) is 0 Å². The number of nitrogens with one attached hydrogen (secondary N) is 1. The van der Waals surface area contributed by atoms with Crippen molar-refractivity contribution in [3.8, 4) is 0 Å². The van der Waals surface area contributed by atoms with Crippen molar-refractivity contribution in [2.45, 2.75) is 26.9 Å². The van der Waals surface area contributed by atoms with E-state index in [-0.39, 0.29) is 17.0 Å². The zero-order valence-corrected chi connectivity index (χ0v) is 18.0. The van der Waals surface area contributed by atoms with Crippen molar-refractivity contribution in [1.29, 1.82) is 0 Å². The highest BCUT2D eigenvalue weighted by atomic mass is 16.1. The van der Waals surface area contributed by atoms with Gasteiger partial charge in [0.05, 0.1) is 22.7 Å². The first-order valence-corrected chi connectivity index (χ1v) is 10.8. The van der Waals surface area contributed by atoms with E-state index in [0.29, 0.717) is 27.1 Å². The summed E-state index contributed by atoms with van der Waals surface area (Å²) in [6.07, 6.45) is 0.0278. The Bertz CT molecular complexity index is 1580. The molecule has 5 aromatic rings. The van der Waals surface area contributed by atoms with E-state index in [1.165, 1.54) is 0 Å². The second-order valence-corrected chi connectivity index (χ2v) is 7.98. The Morgan fingerprint density at radius 3 is 2.16 bits per heavy atom. The van der Waals surface area contributed by atoms with Crippen LogP contribution in [0, 0.1) is 0 Å². The van der Waals surface area contributed by atoms with Crippen molar-refractivity contribution < 1.29 is 0 Å². The zero-order valence-electron chi connectivity index (χ0n) is 18.0. The molecule has 5 rings (SSSR count). The molecule has 1 unspecified atom stereocenters. The maximum Gasteiger partial charge on any atom is 0.197 e. The van der Waals surface area contributed by atoms with E-state index in [1.54, 1.807) is 0 Å². The van der Waals surface area contributed by atoms with Crippen LogP contribution in [0.3, 0.4) is 0 Å². The lowest BCUT2D eigenvalue weighted by atomic mass is 10.0.